The highest BCUT2D eigenvalue weighted by Gasteiger charge is 2.44. The predicted octanol–water partition coefficient (Wildman–Crippen LogP) is 3.75. The molecule has 0 saturated carbocycles. The number of carbonyl (C=O) groups is 2. The molecule has 0 amide bonds. The third kappa shape index (κ3) is 3.84. The van der Waals surface area contributed by atoms with Gasteiger partial charge in [-0.25, -0.2) is 9.59 Å². The molecule has 0 aliphatic carbocycles. The van der Waals surface area contributed by atoms with Crippen molar-refractivity contribution < 1.29 is 24.2 Å². The Bertz CT molecular complexity index is 1150. The summed E-state index contributed by atoms with van der Waals surface area (Å²) in [5.41, 5.74) is 1.37. The van der Waals surface area contributed by atoms with E-state index in [-0.39, 0.29) is 13.0 Å². The van der Waals surface area contributed by atoms with Crippen molar-refractivity contribution in [3.8, 4) is 0 Å². The number of aryl methyl sites for hydroxylation is 1. The second-order valence-electron chi connectivity index (χ2n) is 7.37. The number of ether oxygens (including phenoxy) is 2. The molecule has 1 fully saturated rings. The Morgan fingerprint density at radius 1 is 1.27 bits per heavy atom. The number of esters is 2. The molecule has 0 radical (unpaired) electrons. The van der Waals surface area contributed by atoms with Gasteiger partial charge in [0.25, 0.3) is 0 Å². The van der Waals surface area contributed by atoms with Crippen LogP contribution in [-0.4, -0.2) is 40.4 Å². The summed E-state index contributed by atoms with van der Waals surface area (Å²) >= 11 is 5.83. The number of cyclic esters (lactones) is 1. The Kier molecular flexibility index (Phi) is 5.37. The second-order valence-corrected chi connectivity index (χ2v) is 7.81. The summed E-state index contributed by atoms with van der Waals surface area (Å²) in [4.78, 5) is 24.8. The van der Waals surface area contributed by atoms with Gasteiger partial charge in [0.2, 0.25) is 0 Å². The first-order valence-electron chi connectivity index (χ1n) is 9.42. The number of fused-ring (bicyclic) bond motifs is 1. The number of aliphatic hydroxyl groups is 1. The molecule has 30 heavy (non-hydrogen) atoms. The van der Waals surface area contributed by atoms with Crippen LogP contribution in [0.3, 0.4) is 0 Å². The fraction of sp³-hybridized carbons (Fsp3) is 0.217. The highest BCUT2D eigenvalue weighted by atomic mass is 35.5. The number of benzene rings is 2. The van der Waals surface area contributed by atoms with Gasteiger partial charge in [0.05, 0.1) is 12.2 Å². The van der Waals surface area contributed by atoms with E-state index in [1.165, 1.54) is 0 Å². The Morgan fingerprint density at radius 2 is 2.00 bits per heavy atom. The van der Waals surface area contributed by atoms with E-state index in [9.17, 15) is 14.7 Å². The first-order chi connectivity index (χ1) is 14.4. The van der Waals surface area contributed by atoms with Crippen molar-refractivity contribution in [2.45, 2.75) is 12.0 Å². The van der Waals surface area contributed by atoms with Gasteiger partial charge in [-0.05, 0) is 36.4 Å². The van der Waals surface area contributed by atoms with Crippen LogP contribution in [0.1, 0.15) is 22.3 Å². The van der Waals surface area contributed by atoms with E-state index in [2.05, 4.69) is 0 Å². The van der Waals surface area contributed by atoms with Crippen LogP contribution in [0.2, 0.25) is 5.02 Å². The molecule has 6 nitrogen and oxygen atoms in total. The smallest absolute Gasteiger partial charge is 0.338 e. The van der Waals surface area contributed by atoms with Crippen LogP contribution in [-0.2, 0) is 21.3 Å². The summed E-state index contributed by atoms with van der Waals surface area (Å²) in [7, 11) is 1.94. The van der Waals surface area contributed by atoms with Gasteiger partial charge in [0.1, 0.15) is 6.61 Å². The molecular weight excluding hydrogens is 406 g/mol. The Balaban J connectivity index is 1.53. The molecule has 154 valence electrons. The van der Waals surface area contributed by atoms with Crippen molar-refractivity contribution in [3.05, 3.63) is 76.5 Å². The lowest BCUT2D eigenvalue weighted by Gasteiger charge is -2.24. The molecule has 1 saturated heterocycles. The topological polar surface area (TPSA) is 77.8 Å². The van der Waals surface area contributed by atoms with Crippen molar-refractivity contribution in [2.75, 3.05) is 13.2 Å². The normalized spacial score (nSPS) is 20.0. The lowest BCUT2D eigenvalue weighted by Crippen LogP contribution is -2.39. The monoisotopic (exact) mass is 425 g/mol. The van der Waals surface area contributed by atoms with E-state index < -0.39 is 24.1 Å². The number of aromatic nitrogens is 1. The Labute approximate surface area is 178 Å². The van der Waals surface area contributed by atoms with Gasteiger partial charge in [-0.1, -0.05) is 29.8 Å². The SMILES string of the molecule is Cn1cc(/C=C2\CC(CO)(COC(=O)c3ccc(Cl)cc3)OC2=O)c2ccccc21. The third-order valence-corrected chi connectivity index (χ3v) is 5.43. The van der Waals surface area contributed by atoms with E-state index in [4.69, 9.17) is 21.1 Å². The number of nitrogens with zero attached hydrogens (tertiary/aromatic N) is 1. The van der Waals surface area contributed by atoms with Gasteiger partial charge in [0.15, 0.2) is 5.60 Å². The van der Waals surface area contributed by atoms with E-state index in [1.807, 2.05) is 42.1 Å². The van der Waals surface area contributed by atoms with Gasteiger partial charge < -0.3 is 19.1 Å². The minimum atomic E-state index is -1.30. The molecule has 4 rings (SSSR count). The summed E-state index contributed by atoms with van der Waals surface area (Å²) in [5, 5.41) is 11.4. The third-order valence-electron chi connectivity index (χ3n) is 5.18. The molecule has 1 N–H and O–H groups in total. The average molecular weight is 426 g/mol. The summed E-state index contributed by atoms with van der Waals surface area (Å²) in [6.45, 7) is -0.705. The van der Waals surface area contributed by atoms with Gasteiger partial charge in [-0.3, -0.25) is 0 Å². The molecule has 0 bridgehead atoms. The predicted molar refractivity (Wildman–Crippen MR) is 113 cm³/mol. The Hall–Kier alpha value is -3.09. The van der Waals surface area contributed by atoms with Gasteiger partial charge in [-0.15, -0.1) is 0 Å². The fourth-order valence-electron chi connectivity index (χ4n) is 3.58. The van der Waals surface area contributed by atoms with Gasteiger partial charge in [0, 0.05) is 46.7 Å². The molecule has 1 aromatic heterocycles. The van der Waals surface area contributed by atoms with Crippen molar-refractivity contribution >= 4 is 40.5 Å². The molecular formula is C23H20ClNO5. The largest absolute Gasteiger partial charge is 0.458 e. The van der Waals surface area contributed by atoms with Crippen molar-refractivity contribution in [2.24, 2.45) is 7.05 Å². The molecule has 1 aliphatic rings. The maximum atomic E-state index is 12.5. The minimum Gasteiger partial charge on any atom is -0.458 e. The van der Waals surface area contributed by atoms with Crippen LogP contribution in [0, 0.1) is 0 Å². The highest BCUT2D eigenvalue weighted by Crippen LogP contribution is 2.34. The number of hydrogen-bond acceptors (Lipinski definition) is 5. The molecule has 1 aliphatic heterocycles. The van der Waals surface area contributed by atoms with Crippen LogP contribution >= 0.6 is 11.6 Å². The maximum Gasteiger partial charge on any atom is 0.338 e. The maximum absolute atomic E-state index is 12.5. The van der Waals surface area contributed by atoms with E-state index in [1.54, 1.807) is 30.3 Å². The van der Waals surface area contributed by atoms with Crippen molar-refractivity contribution in [1.29, 1.82) is 0 Å². The zero-order valence-electron chi connectivity index (χ0n) is 16.3. The molecule has 1 unspecified atom stereocenters. The van der Waals surface area contributed by atoms with E-state index in [0.717, 1.165) is 16.5 Å². The highest BCUT2D eigenvalue weighted by molar-refractivity contribution is 6.30. The lowest BCUT2D eigenvalue weighted by atomic mass is 9.98. The molecule has 0 spiro atoms. The number of para-hydroxylation sites is 1. The summed E-state index contributed by atoms with van der Waals surface area (Å²) < 4.78 is 12.7. The first-order valence-corrected chi connectivity index (χ1v) is 9.80. The number of halogens is 1. The molecule has 1 atom stereocenters. The van der Waals surface area contributed by atoms with Crippen LogP contribution in [0.5, 0.6) is 0 Å². The summed E-state index contributed by atoms with van der Waals surface area (Å²) in [6, 6.07) is 14.1. The van der Waals surface area contributed by atoms with Gasteiger partial charge >= 0.3 is 11.9 Å². The molecule has 2 heterocycles. The number of rotatable bonds is 5. The van der Waals surface area contributed by atoms with Crippen LogP contribution in [0.15, 0.2) is 60.3 Å². The van der Waals surface area contributed by atoms with Crippen molar-refractivity contribution in [1.82, 2.24) is 4.57 Å². The lowest BCUT2D eigenvalue weighted by molar-refractivity contribution is -0.154. The fourth-order valence-corrected chi connectivity index (χ4v) is 3.71. The average Bonchev–Trinajstić information content (AvgIpc) is 3.24. The second kappa shape index (κ2) is 7.97. The van der Waals surface area contributed by atoms with Crippen LogP contribution in [0.4, 0.5) is 0 Å². The molecule has 7 heteroatoms. The molecule has 3 aromatic rings. The van der Waals surface area contributed by atoms with Crippen molar-refractivity contribution in [3.63, 3.8) is 0 Å². The zero-order valence-corrected chi connectivity index (χ0v) is 17.1. The summed E-state index contributed by atoms with van der Waals surface area (Å²) in [6.07, 6.45) is 3.84. The minimum absolute atomic E-state index is 0.138. The van der Waals surface area contributed by atoms with E-state index >= 15 is 0 Å². The first kappa shape index (κ1) is 20.2. The standard InChI is InChI=1S/C23H20ClNO5/c1-25-12-17(19-4-2-3-5-20(19)25)10-16-11-23(13-26,30-22(16)28)14-29-21(27)15-6-8-18(24)9-7-15/h2-10,12,26H,11,13-14H2,1H3/b16-10+. The van der Waals surface area contributed by atoms with Crippen LogP contribution < -0.4 is 0 Å². The van der Waals surface area contributed by atoms with Gasteiger partial charge in [-0.2, -0.15) is 0 Å². The zero-order chi connectivity index (χ0) is 21.3. The Morgan fingerprint density at radius 3 is 2.73 bits per heavy atom. The quantitative estimate of drug-likeness (QED) is 0.497. The van der Waals surface area contributed by atoms with Crippen LogP contribution in [0.25, 0.3) is 17.0 Å². The van der Waals surface area contributed by atoms with E-state index in [0.29, 0.717) is 16.2 Å². The molecule has 2 aromatic carbocycles. The number of carbonyl (C=O) groups excluding carboxylic acids is 2. The number of hydrogen-bond donors (Lipinski definition) is 1. The summed E-state index contributed by atoms with van der Waals surface area (Å²) in [5.74, 6) is -1.11. The number of aliphatic hydroxyl groups excluding tert-OH is 1.